The van der Waals surface area contributed by atoms with Crippen molar-refractivity contribution in [1.29, 1.82) is 0 Å². The number of rotatable bonds is 4. The zero-order valence-corrected chi connectivity index (χ0v) is 11.9. The van der Waals surface area contributed by atoms with Crippen molar-refractivity contribution in [1.82, 2.24) is 10.2 Å². The number of nitrogens with zero attached hydrogens (tertiary/aromatic N) is 2. The first-order valence-corrected chi connectivity index (χ1v) is 6.65. The van der Waals surface area contributed by atoms with E-state index in [2.05, 4.69) is 15.5 Å². The zero-order chi connectivity index (χ0) is 14.1. The standard InChI is InChI=1S/C13H16N4.C2H6/c1-10-9-12(11-5-3-2-4-6-11)16-17-13(10)15-8-7-14;1-2/h2-6,9H,7-8,14H2,1H3,(H,15,17);1-2H3. The van der Waals surface area contributed by atoms with Crippen molar-refractivity contribution >= 4 is 5.82 Å². The van der Waals surface area contributed by atoms with Crippen LogP contribution in [0.2, 0.25) is 0 Å². The number of benzene rings is 1. The van der Waals surface area contributed by atoms with E-state index in [4.69, 9.17) is 5.73 Å². The number of aromatic nitrogens is 2. The Morgan fingerprint density at radius 1 is 1.11 bits per heavy atom. The fraction of sp³-hybridized carbons (Fsp3) is 0.333. The lowest BCUT2D eigenvalue weighted by Crippen LogP contribution is -2.15. The first-order chi connectivity index (χ1) is 9.31. The Kier molecular flexibility index (Phi) is 6.53. The molecule has 0 fully saturated rings. The second-order valence-corrected chi connectivity index (χ2v) is 3.84. The Morgan fingerprint density at radius 2 is 1.79 bits per heavy atom. The highest BCUT2D eigenvalue weighted by molar-refractivity contribution is 5.61. The zero-order valence-electron chi connectivity index (χ0n) is 11.9. The van der Waals surface area contributed by atoms with Gasteiger partial charge in [-0.15, -0.1) is 10.2 Å². The third kappa shape index (κ3) is 4.34. The molecule has 1 heterocycles. The summed E-state index contributed by atoms with van der Waals surface area (Å²) in [5.41, 5.74) is 8.48. The molecule has 4 nitrogen and oxygen atoms in total. The fourth-order valence-corrected chi connectivity index (χ4v) is 1.60. The molecule has 3 N–H and O–H groups in total. The molecule has 0 saturated heterocycles. The summed E-state index contributed by atoms with van der Waals surface area (Å²) in [5.74, 6) is 0.801. The van der Waals surface area contributed by atoms with Crippen LogP contribution in [-0.2, 0) is 0 Å². The summed E-state index contributed by atoms with van der Waals surface area (Å²) in [4.78, 5) is 0. The van der Waals surface area contributed by atoms with Crippen LogP contribution in [0.25, 0.3) is 11.3 Å². The van der Waals surface area contributed by atoms with Gasteiger partial charge in [-0.2, -0.15) is 0 Å². The van der Waals surface area contributed by atoms with Crippen molar-refractivity contribution in [2.45, 2.75) is 20.8 Å². The third-order valence-corrected chi connectivity index (χ3v) is 2.49. The molecule has 2 rings (SSSR count). The van der Waals surface area contributed by atoms with Gasteiger partial charge in [0.15, 0.2) is 5.82 Å². The fourth-order valence-electron chi connectivity index (χ4n) is 1.60. The van der Waals surface area contributed by atoms with Gasteiger partial charge in [0.25, 0.3) is 0 Å². The van der Waals surface area contributed by atoms with E-state index in [0.29, 0.717) is 13.1 Å². The Morgan fingerprint density at radius 3 is 2.37 bits per heavy atom. The molecule has 19 heavy (non-hydrogen) atoms. The summed E-state index contributed by atoms with van der Waals surface area (Å²) in [6, 6.07) is 12.1. The molecule has 2 aromatic rings. The second-order valence-electron chi connectivity index (χ2n) is 3.84. The van der Waals surface area contributed by atoms with Crippen molar-refractivity contribution in [2.75, 3.05) is 18.4 Å². The maximum absolute atomic E-state index is 5.44. The molecule has 0 amide bonds. The van der Waals surface area contributed by atoms with Crippen molar-refractivity contribution in [3.63, 3.8) is 0 Å². The largest absolute Gasteiger partial charge is 0.367 e. The molecule has 0 bridgehead atoms. The third-order valence-electron chi connectivity index (χ3n) is 2.49. The number of nitrogens with two attached hydrogens (primary N) is 1. The van der Waals surface area contributed by atoms with Gasteiger partial charge in [-0.05, 0) is 18.6 Å². The van der Waals surface area contributed by atoms with Crippen LogP contribution >= 0.6 is 0 Å². The smallest absolute Gasteiger partial charge is 0.151 e. The summed E-state index contributed by atoms with van der Waals surface area (Å²) >= 11 is 0. The lowest BCUT2D eigenvalue weighted by molar-refractivity contribution is 0.964. The summed E-state index contributed by atoms with van der Waals surface area (Å²) in [6.45, 7) is 7.31. The van der Waals surface area contributed by atoms with Gasteiger partial charge in [0, 0.05) is 18.7 Å². The van der Waals surface area contributed by atoms with E-state index < -0.39 is 0 Å². The van der Waals surface area contributed by atoms with Gasteiger partial charge in [-0.3, -0.25) is 0 Å². The van der Waals surface area contributed by atoms with Crippen LogP contribution in [0.15, 0.2) is 36.4 Å². The van der Waals surface area contributed by atoms with E-state index in [-0.39, 0.29) is 0 Å². The van der Waals surface area contributed by atoms with Gasteiger partial charge in [0.05, 0.1) is 5.69 Å². The summed E-state index contributed by atoms with van der Waals surface area (Å²) in [6.07, 6.45) is 0. The average Bonchev–Trinajstić information content (AvgIpc) is 2.49. The van der Waals surface area contributed by atoms with Crippen LogP contribution in [0.5, 0.6) is 0 Å². The first-order valence-electron chi connectivity index (χ1n) is 6.65. The number of nitrogens with one attached hydrogen (secondary N) is 1. The Bertz CT molecular complexity index is 483. The van der Waals surface area contributed by atoms with E-state index >= 15 is 0 Å². The maximum atomic E-state index is 5.44. The highest BCUT2D eigenvalue weighted by Crippen LogP contribution is 2.19. The quantitative estimate of drug-likeness (QED) is 0.885. The van der Waals surface area contributed by atoms with Crippen molar-refractivity contribution < 1.29 is 0 Å². The lowest BCUT2D eigenvalue weighted by atomic mass is 10.1. The van der Waals surface area contributed by atoms with Crippen LogP contribution < -0.4 is 11.1 Å². The van der Waals surface area contributed by atoms with Crippen molar-refractivity contribution in [2.24, 2.45) is 5.73 Å². The van der Waals surface area contributed by atoms with Gasteiger partial charge in [0.2, 0.25) is 0 Å². The highest BCUT2D eigenvalue weighted by Gasteiger charge is 2.04. The van der Waals surface area contributed by atoms with Crippen LogP contribution in [0, 0.1) is 6.92 Å². The monoisotopic (exact) mass is 258 g/mol. The minimum Gasteiger partial charge on any atom is -0.367 e. The predicted molar refractivity (Wildman–Crippen MR) is 81.1 cm³/mol. The van der Waals surface area contributed by atoms with E-state index in [1.165, 1.54) is 0 Å². The van der Waals surface area contributed by atoms with Crippen LogP contribution in [-0.4, -0.2) is 23.3 Å². The Hall–Kier alpha value is -1.94. The van der Waals surface area contributed by atoms with Gasteiger partial charge < -0.3 is 11.1 Å². The molecule has 0 atom stereocenters. The SMILES string of the molecule is CC.Cc1cc(-c2ccccc2)nnc1NCCN. The van der Waals surface area contributed by atoms with Gasteiger partial charge in [-0.1, -0.05) is 44.2 Å². The van der Waals surface area contributed by atoms with Crippen LogP contribution in [0.1, 0.15) is 19.4 Å². The number of anilines is 1. The molecule has 102 valence electrons. The molecule has 0 aliphatic rings. The molecular formula is C15H22N4. The summed E-state index contributed by atoms with van der Waals surface area (Å²) in [7, 11) is 0. The molecule has 0 saturated carbocycles. The first kappa shape index (κ1) is 15.1. The maximum Gasteiger partial charge on any atom is 0.151 e. The molecule has 4 heteroatoms. The molecule has 0 aliphatic heterocycles. The number of hydrogen-bond donors (Lipinski definition) is 2. The summed E-state index contributed by atoms with van der Waals surface area (Å²) in [5, 5.41) is 11.5. The van der Waals surface area contributed by atoms with Crippen LogP contribution in [0.4, 0.5) is 5.82 Å². The Balaban J connectivity index is 0.000000861. The minimum atomic E-state index is 0.585. The predicted octanol–water partition coefficient (Wildman–Crippen LogP) is 2.85. The van der Waals surface area contributed by atoms with E-state index in [9.17, 15) is 0 Å². The molecule has 0 aliphatic carbocycles. The molecular weight excluding hydrogens is 236 g/mol. The van der Waals surface area contributed by atoms with Crippen molar-refractivity contribution in [3.8, 4) is 11.3 Å². The van der Waals surface area contributed by atoms with E-state index in [1.807, 2.05) is 57.2 Å². The molecule has 1 aromatic carbocycles. The molecule has 0 spiro atoms. The average molecular weight is 258 g/mol. The van der Waals surface area contributed by atoms with Gasteiger partial charge >= 0.3 is 0 Å². The van der Waals surface area contributed by atoms with Gasteiger partial charge in [-0.25, -0.2) is 0 Å². The molecule has 0 radical (unpaired) electrons. The van der Waals surface area contributed by atoms with Crippen molar-refractivity contribution in [3.05, 3.63) is 42.0 Å². The molecule has 0 unspecified atom stereocenters. The normalized spacial score (nSPS) is 9.47. The minimum absolute atomic E-state index is 0.585. The Labute approximate surface area is 115 Å². The topological polar surface area (TPSA) is 63.8 Å². The highest BCUT2D eigenvalue weighted by atomic mass is 15.2. The molecule has 1 aromatic heterocycles. The van der Waals surface area contributed by atoms with Crippen LogP contribution in [0.3, 0.4) is 0 Å². The van der Waals surface area contributed by atoms with E-state index in [0.717, 1.165) is 22.6 Å². The second kappa shape index (κ2) is 8.21. The lowest BCUT2D eigenvalue weighted by Gasteiger charge is -2.07. The number of aryl methyl sites for hydroxylation is 1. The van der Waals surface area contributed by atoms with E-state index in [1.54, 1.807) is 0 Å². The van der Waals surface area contributed by atoms with Gasteiger partial charge in [0.1, 0.15) is 0 Å². The number of hydrogen-bond acceptors (Lipinski definition) is 4. The summed E-state index contributed by atoms with van der Waals surface area (Å²) < 4.78 is 0.